The molecule has 2 amide bonds. The molecule has 0 bridgehead atoms. The molecule has 1 unspecified atom stereocenters. The molecule has 0 aliphatic carbocycles. The summed E-state index contributed by atoms with van der Waals surface area (Å²) in [4.78, 5) is 12.9. The first kappa shape index (κ1) is 10.4. The molecular weight excluding hydrogens is 164 g/mol. The Bertz CT molecular complexity index is 170. The van der Waals surface area contributed by atoms with Crippen LogP contribution in [0, 0.1) is 0 Å². The Hall–Kier alpha value is -0.730. The van der Waals surface area contributed by atoms with E-state index >= 15 is 0 Å². The second kappa shape index (κ2) is 5.10. The molecule has 1 atom stereocenters. The fourth-order valence-electron chi connectivity index (χ4n) is 2.03. The maximum absolute atomic E-state index is 11.1. The van der Waals surface area contributed by atoms with Gasteiger partial charge in [0.15, 0.2) is 0 Å². The summed E-state index contributed by atoms with van der Waals surface area (Å²) < 4.78 is 0. The molecule has 1 fully saturated rings. The Morgan fingerprint density at radius 1 is 1.54 bits per heavy atom. The van der Waals surface area contributed by atoms with Crippen molar-refractivity contribution in [1.82, 2.24) is 4.90 Å². The smallest absolute Gasteiger partial charge is 0.315 e. The zero-order valence-electron chi connectivity index (χ0n) is 8.46. The lowest BCUT2D eigenvalue weighted by atomic mass is 9.98. The summed E-state index contributed by atoms with van der Waals surface area (Å²) in [7, 11) is 0. The summed E-state index contributed by atoms with van der Waals surface area (Å²) in [5, 5.41) is 0. The number of hydrogen-bond acceptors (Lipinski definition) is 1. The fourth-order valence-corrected chi connectivity index (χ4v) is 2.03. The molecule has 0 aromatic heterocycles. The second-order valence-electron chi connectivity index (χ2n) is 3.82. The molecule has 0 aromatic rings. The minimum atomic E-state index is -0.235. The molecule has 1 saturated heterocycles. The number of rotatable bonds is 3. The summed E-state index contributed by atoms with van der Waals surface area (Å²) >= 11 is 0. The molecule has 0 spiro atoms. The van der Waals surface area contributed by atoms with Crippen molar-refractivity contribution in [3.8, 4) is 0 Å². The molecule has 3 heteroatoms. The maximum Gasteiger partial charge on any atom is 0.315 e. The zero-order valence-corrected chi connectivity index (χ0v) is 8.46. The van der Waals surface area contributed by atoms with E-state index in [1.165, 1.54) is 19.3 Å². The number of nitrogens with zero attached hydrogens (tertiary/aromatic N) is 1. The Morgan fingerprint density at radius 3 is 2.92 bits per heavy atom. The average Bonchev–Trinajstić information content (AvgIpc) is 2.15. The molecule has 1 rings (SSSR count). The van der Waals surface area contributed by atoms with Crippen molar-refractivity contribution in [2.45, 2.75) is 51.5 Å². The summed E-state index contributed by atoms with van der Waals surface area (Å²) in [6.45, 7) is 3.04. The quantitative estimate of drug-likeness (QED) is 0.717. The van der Waals surface area contributed by atoms with Crippen LogP contribution in [0.15, 0.2) is 0 Å². The largest absolute Gasteiger partial charge is 0.351 e. The van der Waals surface area contributed by atoms with E-state index in [1.807, 2.05) is 4.90 Å². The van der Waals surface area contributed by atoms with Gasteiger partial charge in [0.25, 0.3) is 0 Å². The first-order chi connectivity index (χ1) is 6.25. The van der Waals surface area contributed by atoms with E-state index in [1.54, 1.807) is 0 Å². The van der Waals surface area contributed by atoms with E-state index in [-0.39, 0.29) is 6.03 Å². The summed E-state index contributed by atoms with van der Waals surface area (Å²) in [6, 6.07) is 0.187. The Kier molecular flexibility index (Phi) is 4.06. The molecule has 0 saturated carbocycles. The van der Waals surface area contributed by atoms with Gasteiger partial charge in [-0.25, -0.2) is 4.79 Å². The van der Waals surface area contributed by atoms with Crippen LogP contribution in [0.25, 0.3) is 0 Å². The van der Waals surface area contributed by atoms with Crippen molar-refractivity contribution in [1.29, 1.82) is 0 Å². The van der Waals surface area contributed by atoms with Crippen LogP contribution in [-0.2, 0) is 0 Å². The number of piperidine rings is 1. The third-order valence-corrected chi connectivity index (χ3v) is 2.80. The van der Waals surface area contributed by atoms with Gasteiger partial charge >= 0.3 is 6.03 Å². The van der Waals surface area contributed by atoms with Crippen LogP contribution in [0.1, 0.15) is 45.4 Å². The molecule has 0 aromatic carbocycles. The minimum Gasteiger partial charge on any atom is -0.351 e. The van der Waals surface area contributed by atoms with Crippen LogP contribution in [0.5, 0.6) is 0 Å². The van der Waals surface area contributed by atoms with Crippen molar-refractivity contribution < 1.29 is 4.79 Å². The highest BCUT2D eigenvalue weighted by atomic mass is 16.2. The lowest BCUT2D eigenvalue weighted by Crippen LogP contribution is -2.46. The first-order valence-corrected chi connectivity index (χ1v) is 5.31. The normalized spacial score (nSPS) is 23.2. The number of likely N-dealkylation sites (tertiary alicyclic amines) is 1. The molecule has 13 heavy (non-hydrogen) atoms. The van der Waals surface area contributed by atoms with Crippen molar-refractivity contribution in [2.24, 2.45) is 5.73 Å². The maximum atomic E-state index is 11.1. The van der Waals surface area contributed by atoms with Gasteiger partial charge in [-0.2, -0.15) is 0 Å². The van der Waals surface area contributed by atoms with Crippen LogP contribution >= 0.6 is 0 Å². The minimum absolute atomic E-state index is 0.235. The third kappa shape index (κ3) is 2.90. The zero-order chi connectivity index (χ0) is 9.68. The standard InChI is InChI=1S/C10H20N2O/c1-2-3-6-9-7-4-5-8-12(9)10(11)13/h9H,2-8H2,1H3,(H2,11,13). The van der Waals surface area contributed by atoms with Gasteiger partial charge in [0.2, 0.25) is 0 Å². The number of amides is 2. The molecule has 76 valence electrons. The number of hydrogen-bond donors (Lipinski definition) is 1. The molecule has 0 radical (unpaired) electrons. The highest BCUT2D eigenvalue weighted by Gasteiger charge is 2.23. The van der Waals surface area contributed by atoms with Gasteiger partial charge in [-0.15, -0.1) is 0 Å². The van der Waals surface area contributed by atoms with Gasteiger partial charge < -0.3 is 10.6 Å². The summed E-state index contributed by atoms with van der Waals surface area (Å²) in [5.41, 5.74) is 5.32. The molecular formula is C10H20N2O. The number of carbonyl (C=O) groups is 1. The van der Waals surface area contributed by atoms with E-state index in [4.69, 9.17) is 5.73 Å². The van der Waals surface area contributed by atoms with Crippen LogP contribution in [0.2, 0.25) is 0 Å². The van der Waals surface area contributed by atoms with Crippen LogP contribution < -0.4 is 5.73 Å². The number of nitrogens with two attached hydrogens (primary N) is 1. The van der Waals surface area contributed by atoms with Gasteiger partial charge in [0, 0.05) is 12.6 Å². The summed E-state index contributed by atoms with van der Waals surface area (Å²) in [6.07, 6.45) is 7.03. The first-order valence-electron chi connectivity index (χ1n) is 5.31. The molecule has 2 N–H and O–H groups in total. The van der Waals surface area contributed by atoms with Gasteiger partial charge in [0.05, 0.1) is 0 Å². The Labute approximate surface area is 80.3 Å². The van der Waals surface area contributed by atoms with Crippen molar-refractivity contribution >= 4 is 6.03 Å². The van der Waals surface area contributed by atoms with Crippen molar-refractivity contribution in [3.63, 3.8) is 0 Å². The SMILES string of the molecule is CCCCC1CCCCN1C(N)=O. The number of carbonyl (C=O) groups excluding carboxylic acids is 1. The molecule has 1 aliphatic rings. The Morgan fingerprint density at radius 2 is 2.31 bits per heavy atom. The predicted octanol–water partition coefficient (Wildman–Crippen LogP) is 2.11. The highest BCUT2D eigenvalue weighted by molar-refractivity contribution is 5.72. The topological polar surface area (TPSA) is 46.3 Å². The van der Waals surface area contributed by atoms with E-state index in [0.29, 0.717) is 6.04 Å². The number of urea groups is 1. The molecule has 3 nitrogen and oxygen atoms in total. The third-order valence-electron chi connectivity index (χ3n) is 2.80. The van der Waals surface area contributed by atoms with Gasteiger partial charge in [0.1, 0.15) is 0 Å². The second-order valence-corrected chi connectivity index (χ2v) is 3.82. The van der Waals surface area contributed by atoms with Crippen molar-refractivity contribution in [3.05, 3.63) is 0 Å². The Balaban J connectivity index is 2.41. The van der Waals surface area contributed by atoms with Crippen LogP contribution in [-0.4, -0.2) is 23.5 Å². The van der Waals surface area contributed by atoms with E-state index < -0.39 is 0 Å². The summed E-state index contributed by atoms with van der Waals surface area (Å²) in [5.74, 6) is 0. The number of primary amides is 1. The fraction of sp³-hybridized carbons (Fsp3) is 0.900. The van der Waals surface area contributed by atoms with Gasteiger partial charge in [-0.05, 0) is 25.7 Å². The predicted molar refractivity (Wildman–Crippen MR) is 53.5 cm³/mol. The monoisotopic (exact) mass is 184 g/mol. The van der Waals surface area contributed by atoms with Crippen molar-refractivity contribution in [2.75, 3.05) is 6.54 Å². The lowest BCUT2D eigenvalue weighted by molar-refractivity contribution is 0.153. The lowest BCUT2D eigenvalue weighted by Gasteiger charge is -2.34. The van der Waals surface area contributed by atoms with Gasteiger partial charge in [-0.3, -0.25) is 0 Å². The van der Waals surface area contributed by atoms with E-state index in [0.717, 1.165) is 25.8 Å². The number of unbranched alkanes of at least 4 members (excludes halogenated alkanes) is 1. The molecule has 1 aliphatic heterocycles. The molecule has 1 heterocycles. The highest BCUT2D eigenvalue weighted by Crippen LogP contribution is 2.20. The van der Waals surface area contributed by atoms with E-state index in [9.17, 15) is 4.79 Å². The van der Waals surface area contributed by atoms with Crippen LogP contribution in [0.4, 0.5) is 4.79 Å². The average molecular weight is 184 g/mol. The van der Waals surface area contributed by atoms with E-state index in [2.05, 4.69) is 6.92 Å². The van der Waals surface area contributed by atoms with Crippen LogP contribution in [0.3, 0.4) is 0 Å². The van der Waals surface area contributed by atoms with Gasteiger partial charge in [-0.1, -0.05) is 19.8 Å².